The third-order valence-electron chi connectivity index (χ3n) is 3.02. The summed E-state index contributed by atoms with van der Waals surface area (Å²) in [5.74, 6) is -0.0543. The van der Waals surface area contributed by atoms with Crippen molar-refractivity contribution in [3.8, 4) is 0 Å². The molecule has 1 aliphatic heterocycles. The van der Waals surface area contributed by atoms with E-state index in [1.807, 2.05) is 24.0 Å². The first-order valence-electron chi connectivity index (χ1n) is 5.34. The molecule has 1 unspecified atom stereocenters. The van der Waals surface area contributed by atoms with Crippen LogP contribution in [0.4, 0.5) is 0 Å². The van der Waals surface area contributed by atoms with Gasteiger partial charge in [0, 0.05) is 6.54 Å². The number of fused-ring (bicyclic) bond motifs is 1. The lowest BCUT2D eigenvalue weighted by molar-refractivity contribution is -0.134. The van der Waals surface area contributed by atoms with E-state index in [1.54, 1.807) is 13.2 Å². The summed E-state index contributed by atoms with van der Waals surface area (Å²) in [7, 11) is 1.62. The van der Waals surface area contributed by atoms with Gasteiger partial charge in [0.1, 0.15) is 11.5 Å². The zero-order chi connectivity index (χ0) is 11.7. The van der Waals surface area contributed by atoms with Crippen molar-refractivity contribution in [3.63, 3.8) is 0 Å². The van der Waals surface area contributed by atoms with Crippen LogP contribution in [0.3, 0.4) is 0 Å². The first-order chi connectivity index (χ1) is 7.67. The van der Waals surface area contributed by atoms with Gasteiger partial charge in [-0.2, -0.15) is 0 Å². The molecule has 2 rings (SSSR count). The number of carboxylic acids is 1. The van der Waals surface area contributed by atoms with Gasteiger partial charge in [0.15, 0.2) is 0 Å². The molecule has 1 atom stereocenters. The van der Waals surface area contributed by atoms with Crippen molar-refractivity contribution in [1.82, 2.24) is 4.90 Å². The molecule has 1 aliphatic carbocycles. The minimum absolute atomic E-state index is 0.162. The van der Waals surface area contributed by atoms with Crippen molar-refractivity contribution in [2.24, 2.45) is 0 Å². The van der Waals surface area contributed by atoms with E-state index in [-0.39, 0.29) is 6.04 Å². The molecule has 0 amide bonds. The zero-order valence-corrected chi connectivity index (χ0v) is 9.43. The molecule has 4 heteroatoms. The molecule has 0 saturated carbocycles. The third kappa shape index (κ3) is 1.60. The standard InChI is InChI=1S/C12H15NO3/c1-3-13-10-5-4-9(16-2)6-8(10)7-11(13)12(14)15/h4,6-7,10H,3,5H2,1-2H3,(H,14,15). The molecule has 86 valence electrons. The molecule has 0 aromatic heterocycles. The number of likely N-dealkylation sites (N-methyl/N-ethyl adjacent to an activating group) is 1. The van der Waals surface area contributed by atoms with Gasteiger partial charge in [-0.3, -0.25) is 0 Å². The van der Waals surface area contributed by atoms with Gasteiger partial charge in [0.25, 0.3) is 0 Å². The summed E-state index contributed by atoms with van der Waals surface area (Å²) in [5, 5.41) is 9.10. The molecule has 16 heavy (non-hydrogen) atoms. The fraction of sp³-hybridized carbons (Fsp3) is 0.417. The van der Waals surface area contributed by atoms with Gasteiger partial charge in [-0.25, -0.2) is 4.79 Å². The van der Waals surface area contributed by atoms with Crippen molar-refractivity contribution < 1.29 is 14.6 Å². The number of allylic oxidation sites excluding steroid dienone is 1. The van der Waals surface area contributed by atoms with Crippen LogP contribution in [0.1, 0.15) is 13.3 Å². The number of rotatable bonds is 3. The van der Waals surface area contributed by atoms with Gasteiger partial charge in [0.05, 0.1) is 13.2 Å². The molecule has 0 radical (unpaired) electrons. The van der Waals surface area contributed by atoms with E-state index in [0.717, 1.165) is 17.8 Å². The van der Waals surface area contributed by atoms with Crippen molar-refractivity contribution >= 4 is 5.97 Å². The largest absolute Gasteiger partial charge is 0.497 e. The number of carbonyl (C=O) groups is 1. The zero-order valence-electron chi connectivity index (χ0n) is 9.43. The summed E-state index contributed by atoms with van der Waals surface area (Å²) in [6.07, 6.45) is 6.45. The Bertz CT molecular complexity index is 406. The molecule has 0 bridgehead atoms. The smallest absolute Gasteiger partial charge is 0.352 e. The number of hydrogen-bond donors (Lipinski definition) is 1. The fourth-order valence-electron chi connectivity index (χ4n) is 2.25. The second-order valence-corrected chi connectivity index (χ2v) is 3.83. The van der Waals surface area contributed by atoms with Crippen LogP contribution in [0.2, 0.25) is 0 Å². The summed E-state index contributed by atoms with van der Waals surface area (Å²) in [5.41, 5.74) is 1.41. The molecule has 0 fully saturated rings. The molecule has 0 aromatic carbocycles. The van der Waals surface area contributed by atoms with E-state index in [2.05, 4.69) is 0 Å². The van der Waals surface area contributed by atoms with Crippen LogP contribution < -0.4 is 0 Å². The fourth-order valence-corrected chi connectivity index (χ4v) is 2.25. The Labute approximate surface area is 94.5 Å². The van der Waals surface area contributed by atoms with Crippen LogP contribution in [0.15, 0.2) is 35.3 Å². The highest BCUT2D eigenvalue weighted by Crippen LogP contribution is 2.33. The predicted octanol–water partition coefficient (Wildman–Crippen LogP) is 1.52. The van der Waals surface area contributed by atoms with Gasteiger partial charge in [0.2, 0.25) is 0 Å². The minimum atomic E-state index is -0.865. The minimum Gasteiger partial charge on any atom is -0.497 e. The van der Waals surface area contributed by atoms with Gasteiger partial charge < -0.3 is 14.7 Å². The summed E-state index contributed by atoms with van der Waals surface area (Å²) in [4.78, 5) is 13.0. The van der Waals surface area contributed by atoms with Crippen LogP contribution >= 0.6 is 0 Å². The van der Waals surface area contributed by atoms with Crippen LogP contribution in [-0.4, -0.2) is 35.7 Å². The molecule has 0 spiro atoms. The molecule has 2 aliphatic rings. The van der Waals surface area contributed by atoms with E-state index in [1.165, 1.54) is 0 Å². The third-order valence-corrected chi connectivity index (χ3v) is 3.02. The molecule has 0 aromatic rings. The average molecular weight is 221 g/mol. The maximum absolute atomic E-state index is 11.1. The van der Waals surface area contributed by atoms with E-state index >= 15 is 0 Å². The van der Waals surface area contributed by atoms with Gasteiger partial charge >= 0.3 is 5.97 Å². The van der Waals surface area contributed by atoms with Crippen LogP contribution in [0.5, 0.6) is 0 Å². The number of hydrogen-bond acceptors (Lipinski definition) is 3. The van der Waals surface area contributed by atoms with E-state index in [0.29, 0.717) is 12.2 Å². The van der Waals surface area contributed by atoms with E-state index < -0.39 is 5.97 Å². The second-order valence-electron chi connectivity index (χ2n) is 3.83. The normalized spacial score (nSPS) is 23.2. The Morgan fingerprint density at radius 3 is 2.94 bits per heavy atom. The summed E-state index contributed by atoms with van der Waals surface area (Å²) >= 11 is 0. The van der Waals surface area contributed by atoms with Crippen LogP contribution in [0, 0.1) is 0 Å². The Kier molecular flexibility index (Phi) is 2.73. The first-order valence-corrected chi connectivity index (χ1v) is 5.34. The summed E-state index contributed by atoms with van der Waals surface area (Å²) in [6.45, 7) is 2.67. The first kappa shape index (κ1) is 10.8. The maximum Gasteiger partial charge on any atom is 0.352 e. The SMILES string of the molecule is CCN1C(C(=O)O)=CC2=CC(OC)=CCC21. The molecule has 1 heterocycles. The topological polar surface area (TPSA) is 49.8 Å². The van der Waals surface area contributed by atoms with E-state index in [4.69, 9.17) is 9.84 Å². The van der Waals surface area contributed by atoms with Crippen molar-refractivity contribution in [1.29, 1.82) is 0 Å². The lowest BCUT2D eigenvalue weighted by atomic mass is 9.99. The lowest BCUT2D eigenvalue weighted by Crippen LogP contribution is -2.33. The Balaban J connectivity index is 2.33. The highest BCUT2D eigenvalue weighted by atomic mass is 16.5. The summed E-state index contributed by atoms with van der Waals surface area (Å²) < 4.78 is 5.15. The molecule has 1 N–H and O–H groups in total. The average Bonchev–Trinajstić information content (AvgIpc) is 2.66. The highest BCUT2D eigenvalue weighted by molar-refractivity contribution is 5.88. The highest BCUT2D eigenvalue weighted by Gasteiger charge is 2.33. The molecular weight excluding hydrogens is 206 g/mol. The maximum atomic E-state index is 11.1. The molecule has 4 nitrogen and oxygen atoms in total. The van der Waals surface area contributed by atoms with Gasteiger partial charge in [-0.1, -0.05) is 0 Å². The van der Waals surface area contributed by atoms with Crippen LogP contribution in [0.25, 0.3) is 0 Å². The molecular formula is C12H15NO3. The number of aliphatic carboxylic acids is 1. The van der Waals surface area contributed by atoms with Gasteiger partial charge in [-0.05, 0) is 37.1 Å². The van der Waals surface area contributed by atoms with Gasteiger partial charge in [-0.15, -0.1) is 0 Å². The number of nitrogens with zero attached hydrogens (tertiary/aromatic N) is 1. The number of methoxy groups -OCH3 is 1. The monoisotopic (exact) mass is 221 g/mol. The van der Waals surface area contributed by atoms with Crippen molar-refractivity contribution in [3.05, 3.63) is 35.3 Å². The Morgan fingerprint density at radius 1 is 1.62 bits per heavy atom. The Hall–Kier alpha value is -1.71. The summed E-state index contributed by atoms with van der Waals surface area (Å²) in [6, 6.07) is 0.162. The number of carboxylic acid groups (broad SMARTS) is 1. The van der Waals surface area contributed by atoms with Crippen molar-refractivity contribution in [2.75, 3.05) is 13.7 Å². The number of ether oxygens (including phenoxy) is 1. The second kappa shape index (κ2) is 4.04. The van der Waals surface area contributed by atoms with Crippen molar-refractivity contribution in [2.45, 2.75) is 19.4 Å². The predicted molar refractivity (Wildman–Crippen MR) is 59.7 cm³/mol. The van der Waals surface area contributed by atoms with E-state index in [9.17, 15) is 4.79 Å². The molecule has 0 saturated heterocycles. The lowest BCUT2D eigenvalue weighted by Gasteiger charge is -2.28. The van der Waals surface area contributed by atoms with Crippen LogP contribution in [-0.2, 0) is 9.53 Å². The quantitative estimate of drug-likeness (QED) is 0.785. The Morgan fingerprint density at radius 2 is 2.38 bits per heavy atom.